The van der Waals surface area contributed by atoms with Crippen LogP contribution in [0.5, 0.6) is 0 Å². The lowest BCUT2D eigenvalue weighted by molar-refractivity contribution is -0.140. The number of nitrogens with one attached hydrogen (secondary N) is 1. The van der Waals surface area contributed by atoms with Gasteiger partial charge in [-0.05, 0) is 61.2 Å². The monoisotopic (exact) mass is 599 g/mol. The van der Waals surface area contributed by atoms with Crippen molar-refractivity contribution in [2.45, 2.75) is 39.8 Å². The summed E-state index contributed by atoms with van der Waals surface area (Å²) in [5.41, 5.74) is 3.98. The number of aryl methyl sites for hydroxylation is 2. The molecule has 0 unspecified atom stereocenters. The summed E-state index contributed by atoms with van der Waals surface area (Å²) in [5.74, 6) is -0.755. The fourth-order valence-corrected chi connectivity index (χ4v) is 5.30. The molecule has 3 aromatic rings. The first-order valence-corrected chi connectivity index (χ1v) is 15.0. The van der Waals surface area contributed by atoms with E-state index in [2.05, 4.69) is 21.2 Å². The average molecular weight is 601 g/mol. The zero-order valence-corrected chi connectivity index (χ0v) is 24.6. The van der Waals surface area contributed by atoms with Crippen molar-refractivity contribution in [2.75, 3.05) is 23.7 Å². The van der Waals surface area contributed by atoms with Gasteiger partial charge in [0, 0.05) is 24.0 Å². The Bertz CT molecular complexity index is 1380. The number of rotatable bonds is 11. The standard InChI is InChI=1S/C29H34BrN3O4S/c1-5-31-29(35)27(18-23-12-7-6-8-13-23)32(19-24-14-10-9-11-21(24)2)28(34)20-33(38(4,36)37)25-15-16-26(30)22(3)17-25/h6-17,27H,5,18-20H2,1-4H3,(H,31,35)/t27-/m1/s1. The van der Waals surface area contributed by atoms with Gasteiger partial charge in [0.05, 0.1) is 11.9 Å². The molecule has 0 aliphatic heterocycles. The molecule has 0 saturated heterocycles. The summed E-state index contributed by atoms with van der Waals surface area (Å²) in [4.78, 5) is 28.9. The van der Waals surface area contributed by atoms with E-state index in [1.165, 1.54) is 4.90 Å². The van der Waals surface area contributed by atoms with E-state index in [-0.39, 0.29) is 12.5 Å². The fourth-order valence-electron chi connectivity index (χ4n) is 4.21. The van der Waals surface area contributed by atoms with Gasteiger partial charge < -0.3 is 10.2 Å². The van der Waals surface area contributed by atoms with Gasteiger partial charge in [-0.25, -0.2) is 8.42 Å². The molecule has 3 rings (SSSR count). The van der Waals surface area contributed by atoms with Crippen LogP contribution < -0.4 is 9.62 Å². The van der Waals surface area contributed by atoms with E-state index in [0.717, 1.165) is 37.3 Å². The van der Waals surface area contributed by atoms with E-state index in [0.29, 0.717) is 18.7 Å². The number of benzene rings is 3. The van der Waals surface area contributed by atoms with Gasteiger partial charge in [-0.2, -0.15) is 0 Å². The van der Waals surface area contributed by atoms with Crippen LogP contribution in [0.15, 0.2) is 77.3 Å². The summed E-state index contributed by atoms with van der Waals surface area (Å²) in [6.45, 7) is 5.76. The molecule has 0 radical (unpaired) electrons. The third kappa shape index (κ3) is 7.68. The van der Waals surface area contributed by atoms with Gasteiger partial charge in [-0.3, -0.25) is 13.9 Å². The molecule has 38 heavy (non-hydrogen) atoms. The van der Waals surface area contributed by atoms with Crippen molar-refractivity contribution in [3.8, 4) is 0 Å². The third-order valence-corrected chi connectivity index (χ3v) is 8.36. The van der Waals surface area contributed by atoms with Crippen LogP contribution >= 0.6 is 15.9 Å². The summed E-state index contributed by atoms with van der Waals surface area (Å²) >= 11 is 3.44. The van der Waals surface area contributed by atoms with Crippen molar-refractivity contribution in [3.05, 3.63) is 99.5 Å². The second kappa shape index (κ2) is 13.1. The van der Waals surface area contributed by atoms with Crippen LogP contribution in [0.4, 0.5) is 5.69 Å². The van der Waals surface area contributed by atoms with Crippen LogP contribution in [0.3, 0.4) is 0 Å². The van der Waals surface area contributed by atoms with Crippen molar-refractivity contribution in [3.63, 3.8) is 0 Å². The highest BCUT2D eigenvalue weighted by Gasteiger charge is 2.33. The highest BCUT2D eigenvalue weighted by Crippen LogP contribution is 2.25. The molecule has 0 fully saturated rings. The van der Waals surface area contributed by atoms with Gasteiger partial charge in [0.25, 0.3) is 0 Å². The number of hydrogen-bond acceptors (Lipinski definition) is 4. The second-order valence-electron chi connectivity index (χ2n) is 9.25. The normalized spacial score (nSPS) is 12.0. The number of amides is 2. The van der Waals surface area contributed by atoms with Gasteiger partial charge in [0.15, 0.2) is 0 Å². The van der Waals surface area contributed by atoms with Crippen molar-refractivity contribution < 1.29 is 18.0 Å². The molecular weight excluding hydrogens is 566 g/mol. The van der Waals surface area contributed by atoms with Crippen molar-refractivity contribution in [1.29, 1.82) is 0 Å². The number of nitrogens with zero attached hydrogens (tertiary/aromatic N) is 2. The van der Waals surface area contributed by atoms with Crippen LogP contribution in [0.1, 0.15) is 29.2 Å². The first-order valence-electron chi connectivity index (χ1n) is 12.4. The summed E-state index contributed by atoms with van der Waals surface area (Å²) in [6.07, 6.45) is 1.37. The Morgan fingerprint density at radius 3 is 2.21 bits per heavy atom. The zero-order chi connectivity index (χ0) is 27.9. The van der Waals surface area contributed by atoms with Gasteiger partial charge in [-0.15, -0.1) is 0 Å². The molecule has 7 nitrogen and oxygen atoms in total. The average Bonchev–Trinajstić information content (AvgIpc) is 2.87. The Labute approximate surface area is 234 Å². The van der Waals surface area contributed by atoms with Crippen molar-refractivity contribution in [1.82, 2.24) is 10.2 Å². The number of carbonyl (C=O) groups is 2. The summed E-state index contributed by atoms with van der Waals surface area (Å²) in [5, 5.41) is 2.86. The van der Waals surface area contributed by atoms with E-state index in [9.17, 15) is 18.0 Å². The number of anilines is 1. The van der Waals surface area contributed by atoms with E-state index >= 15 is 0 Å². The molecule has 0 spiro atoms. The fraction of sp³-hybridized carbons (Fsp3) is 0.310. The molecule has 0 saturated carbocycles. The number of carbonyl (C=O) groups excluding carboxylic acids is 2. The quantitative estimate of drug-likeness (QED) is 0.349. The first kappa shape index (κ1) is 29.4. The predicted molar refractivity (Wildman–Crippen MR) is 155 cm³/mol. The summed E-state index contributed by atoms with van der Waals surface area (Å²) in [7, 11) is -3.80. The molecule has 202 valence electrons. The summed E-state index contributed by atoms with van der Waals surface area (Å²) in [6, 6.07) is 21.5. The number of halogens is 1. The molecule has 3 aromatic carbocycles. The molecule has 0 aromatic heterocycles. The minimum Gasteiger partial charge on any atom is -0.355 e. The van der Waals surface area contributed by atoms with Gasteiger partial charge >= 0.3 is 0 Å². The minimum absolute atomic E-state index is 0.164. The zero-order valence-electron chi connectivity index (χ0n) is 22.1. The molecular formula is C29H34BrN3O4S. The smallest absolute Gasteiger partial charge is 0.244 e. The molecule has 0 aliphatic carbocycles. The summed E-state index contributed by atoms with van der Waals surface area (Å²) < 4.78 is 27.6. The maximum Gasteiger partial charge on any atom is 0.244 e. The van der Waals surface area contributed by atoms with Crippen LogP contribution in [0.2, 0.25) is 0 Å². The molecule has 1 atom stereocenters. The Morgan fingerprint density at radius 1 is 0.947 bits per heavy atom. The SMILES string of the molecule is CCNC(=O)[C@@H](Cc1ccccc1)N(Cc1ccccc1C)C(=O)CN(c1ccc(Br)c(C)c1)S(C)(=O)=O. The van der Waals surface area contributed by atoms with Gasteiger partial charge in [0.2, 0.25) is 21.8 Å². The largest absolute Gasteiger partial charge is 0.355 e. The van der Waals surface area contributed by atoms with Crippen molar-refractivity contribution in [2.24, 2.45) is 0 Å². The lowest BCUT2D eigenvalue weighted by atomic mass is 10.0. The molecule has 0 aliphatic rings. The van der Waals surface area contributed by atoms with Gasteiger partial charge in [0.1, 0.15) is 12.6 Å². The van der Waals surface area contributed by atoms with E-state index in [1.54, 1.807) is 18.2 Å². The Morgan fingerprint density at radius 2 is 1.61 bits per heavy atom. The minimum atomic E-state index is -3.80. The van der Waals surface area contributed by atoms with E-state index in [4.69, 9.17) is 0 Å². The van der Waals surface area contributed by atoms with Crippen LogP contribution in [0, 0.1) is 13.8 Å². The molecule has 2 amide bonds. The van der Waals surface area contributed by atoms with Crippen LogP contribution in [-0.4, -0.2) is 50.5 Å². The second-order valence-corrected chi connectivity index (χ2v) is 12.0. The third-order valence-electron chi connectivity index (χ3n) is 6.33. The van der Waals surface area contributed by atoms with Gasteiger partial charge in [-0.1, -0.05) is 70.5 Å². The molecule has 9 heteroatoms. The van der Waals surface area contributed by atoms with E-state index in [1.807, 2.05) is 75.4 Å². The topological polar surface area (TPSA) is 86.8 Å². The van der Waals surface area contributed by atoms with E-state index < -0.39 is 28.5 Å². The Balaban J connectivity index is 2.06. The maximum absolute atomic E-state index is 14.0. The highest BCUT2D eigenvalue weighted by molar-refractivity contribution is 9.10. The molecule has 1 N–H and O–H groups in total. The Kier molecular flexibility index (Phi) is 10.1. The number of sulfonamides is 1. The first-order chi connectivity index (χ1) is 18.0. The highest BCUT2D eigenvalue weighted by atomic mass is 79.9. The number of hydrogen-bond donors (Lipinski definition) is 1. The lowest BCUT2D eigenvalue weighted by Gasteiger charge is -2.33. The number of likely N-dealkylation sites (N-methyl/N-ethyl adjacent to an activating group) is 1. The molecule has 0 bridgehead atoms. The maximum atomic E-state index is 14.0. The molecule has 0 heterocycles. The predicted octanol–water partition coefficient (Wildman–Crippen LogP) is 4.61. The van der Waals surface area contributed by atoms with Crippen LogP contribution in [0.25, 0.3) is 0 Å². The lowest BCUT2D eigenvalue weighted by Crippen LogP contribution is -2.53. The van der Waals surface area contributed by atoms with Crippen LogP contribution in [-0.2, 0) is 32.6 Å². The van der Waals surface area contributed by atoms with Crippen molar-refractivity contribution >= 4 is 43.5 Å². The Hall–Kier alpha value is -3.17.